The van der Waals surface area contributed by atoms with Gasteiger partial charge in [0.25, 0.3) is 0 Å². The minimum absolute atomic E-state index is 0. The summed E-state index contributed by atoms with van der Waals surface area (Å²) >= 11 is 0. The largest absolute Gasteiger partial charge is 0.383 e. The normalized spacial score (nSPS) is 17.5. The van der Waals surface area contributed by atoms with Crippen molar-refractivity contribution in [3.05, 3.63) is 0 Å². The van der Waals surface area contributed by atoms with Crippen LogP contribution in [0.3, 0.4) is 0 Å². The molecule has 7 heteroatoms. The number of nitrogens with one attached hydrogen (secondary N) is 2. The van der Waals surface area contributed by atoms with Crippen molar-refractivity contribution in [2.75, 3.05) is 60.2 Å². The first-order chi connectivity index (χ1) is 9.10. The summed E-state index contributed by atoms with van der Waals surface area (Å²) in [4.78, 5) is 6.65. The van der Waals surface area contributed by atoms with Crippen LogP contribution < -0.4 is 10.6 Å². The molecular formula is C13H29IN4O2. The zero-order valence-electron chi connectivity index (χ0n) is 13.1. The lowest BCUT2D eigenvalue weighted by molar-refractivity contribution is -0.00834. The van der Waals surface area contributed by atoms with Gasteiger partial charge in [0.05, 0.1) is 19.8 Å². The number of ether oxygens (including phenoxy) is 2. The van der Waals surface area contributed by atoms with Gasteiger partial charge in [0.2, 0.25) is 0 Å². The van der Waals surface area contributed by atoms with Gasteiger partial charge in [-0.3, -0.25) is 9.89 Å². The van der Waals surface area contributed by atoms with Gasteiger partial charge in [0.1, 0.15) is 0 Å². The van der Waals surface area contributed by atoms with Crippen LogP contribution >= 0.6 is 24.0 Å². The zero-order chi connectivity index (χ0) is 14.1. The molecule has 0 spiro atoms. The lowest BCUT2D eigenvalue weighted by Gasteiger charge is -2.41. The van der Waals surface area contributed by atoms with Crippen LogP contribution in [-0.4, -0.2) is 76.6 Å². The van der Waals surface area contributed by atoms with E-state index in [0.29, 0.717) is 6.61 Å². The predicted molar refractivity (Wildman–Crippen MR) is 93.1 cm³/mol. The molecule has 0 bridgehead atoms. The molecule has 0 saturated carbocycles. The molecule has 0 amide bonds. The van der Waals surface area contributed by atoms with E-state index in [0.717, 1.165) is 45.4 Å². The molecule has 2 N–H and O–H groups in total. The lowest BCUT2D eigenvalue weighted by atomic mass is 10.0. The molecular weight excluding hydrogens is 371 g/mol. The Hall–Kier alpha value is -0.120. The summed E-state index contributed by atoms with van der Waals surface area (Å²) in [6, 6.07) is 0. The minimum Gasteiger partial charge on any atom is -0.383 e. The van der Waals surface area contributed by atoms with E-state index in [1.54, 1.807) is 14.2 Å². The first-order valence-electron chi connectivity index (χ1n) is 6.86. The quantitative estimate of drug-likeness (QED) is 0.295. The molecule has 0 radical (unpaired) electrons. The van der Waals surface area contributed by atoms with Crippen LogP contribution in [0.4, 0.5) is 0 Å². The highest BCUT2D eigenvalue weighted by Crippen LogP contribution is 2.14. The van der Waals surface area contributed by atoms with Gasteiger partial charge in [0, 0.05) is 45.9 Å². The van der Waals surface area contributed by atoms with Crippen LogP contribution in [0.15, 0.2) is 4.99 Å². The summed E-state index contributed by atoms with van der Waals surface area (Å²) < 4.78 is 10.4. The zero-order valence-corrected chi connectivity index (χ0v) is 15.4. The highest BCUT2D eigenvalue weighted by molar-refractivity contribution is 14.0. The average molecular weight is 400 g/mol. The Morgan fingerprint density at radius 3 is 2.50 bits per heavy atom. The molecule has 1 aliphatic rings. The smallest absolute Gasteiger partial charge is 0.191 e. The van der Waals surface area contributed by atoms with Crippen LogP contribution in [0.2, 0.25) is 0 Å². The fourth-order valence-electron chi connectivity index (χ4n) is 2.07. The molecule has 0 aromatic rings. The summed E-state index contributed by atoms with van der Waals surface area (Å²) in [6.07, 6.45) is 0. The Morgan fingerprint density at radius 1 is 1.30 bits per heavy atom. The van der Waals surface area contributed by atoms with Crippen LogP contribution in [0, 0.1) is 0 Å². The Morgan fingerprint density at radius 2 is 1.95 bits per heavy atom. The summed E-state index contributed by atoms with van der Waals surface area (Å²) in [7, 11) is 3.48. The number of hydrogen-bond donors (Lipinski definition) is 2. The first-order valence-corrected chi connectivity index (χ1v) is 6.86. The second kappa shape index (κ2) is 10.6. The molecule has 1 rings (SSSR count). The molecule has 120 valence electrons. The van der Waals surface area contributed by atoms with Crippen molar-refractivity contribution < 1.29 is 9.47 Å². The van der Waals surface area contributed by atoms with Gasteiger partial charge in [-0.25, -0.2) is 0 Å². The number of guanidine groups is 1. The fraction of sp³-hybridized carbons (Fsp3) is 0.923. The number of aliphatic imine (C=N–C) groups is 1. The van der Waals surface area contributed by atoms with Crippen LogP contribution in [-0.2, 0) is 9.47 Å². The van der Waals surface area contributed by atoms with E-state index in [-0.39, 0.29) is 29.5 Å². The van der Waals surface area contributed by atoms with Gasteiger partial charge in [-0.1, -0.05) is 0 Å². The second-order valence-corrected chi connectivity index (χ2v) is 5.26. The number of halogens is 1. The SMILES string of the molecule is CN=C(NCCOC)NCC(C)(C)N1CCOCC1.I. The van der Waals surface area contributed by atoms with E-state index in [4.69, 9.17) is 9.47 Å². The Balaban J connectivity index is 0.00000361. The third-order valence-electron chi connectivity index (χ3n) is 3.38. The molecule has 1 saturated heterocycles. The highest BCUT2D eigenvalue weighted by atomic mass is 127. The maximum atomic E-state index is 5.40. The molecule has 1 heterocycles. The highest BCUT2D eigenvalue weighted by Gasteiger charge is 2.28. The van der Waals surface area contributed by atoms with E-state index < -0.39 is 0 Å². The number of morpholine rings is 1. The van der Waals surface area contributed by atoms with E-state index in [1.165, 1.54) is 0 Å². The van der Waals surface area contributed by atoms with Crippen molar-refractivity contribution in [3.8, 4) is 0 Å². The fourth-order valence-corrected chi connectivity index (χ4v) is 2.07. The Labute approximate surface area is 139 Å². The third-order valence-corrected chi connectivity index (χ3v) is 3.38. The summed E-state index contributed by atoms with van der Waals surface area (Å²) in [6.45, 7) is 10.4. The summed E-state index contributed by atoms with van der Waals surface area (Å²) in [5.74, 6) is 0.818. The third kappa shape index (κ3) is 7.05. The maximum absolute atomic E-state index is 5.40. The monoisotopic (exact) mass is 400 g/mol. The van der Waals surface area contributed by atoms with E-state index in [2.05, 4.69) is 34.4 Å². The minimum atomic E-state index is 0. The average Bonchev–Trinajstić information content (AvgIpc) is 2.43. The van der Waals surface area contributed by atoms with Gasteiger partial charge in [-0.05, 0) is 13.8 Å². The van der Waals surface area contributed by atoms with Gasteiger partial charge in [-0.15, -0.1) is 24.0 Å². The van der Waals surface area contributed by atoms with Crippen molar-refractivity contribution in [3.63, 3.8) is 0 Å². The van der Waals surface area contributed by atoms with Crippen molar-refractivity contribution in [1.82, 2.24) is 15.5 Å². The van der Waals surface area contributed by atoms with Crippen molar-refractivity contribution in [1.29, 1.82) is 0 Å². The number of nitrogens with zero attached hydrogens (tertiary/aromatic N) is 2. The van der Waals surface area contributed by atoms with E-state index >= 15 is 0 Å². The standard InChI is InChI=1S/C13H28N4O2.HI/c1-13(2,17-6-9-19-10-7-17)11-16-12(14-3)15-5-8-18-4;/h5-11H2,1-4H3,(H2,14,15,16);1H. The summed E-state index contributed by atoms with van der Waals surface area (Å²) in [5.41, 5.74) is 0.0860. The van der Waals surface area contributed by atoms with Crippen molar-refractivity contribution in [2.45, 2.75) is 19.4 Å². The first kappa shape index (κ1) is 19.9. The Bertz CT molecular complexity index is 282. The molecule has 0 aromatic heterocycles. The van der Waals surface area contributed by atoms with Gasteiger partial charge < -0.3 is 20.1 Å². The molecule has 6 nitrogen and oxygen atoms in total. The predicted octanol–water partition coefficient (Wildman–Crippen LogP) is 0.527. The Kier molecular flexibility index (Phi) is 10.5. The van der Waals surface area contributed by atoms with Crippen LogP contribution in [0.25, 0.3) is 0 Å². The number of methoxy groups -OCH3 is 1. The van der Waals surface area contributed by atoms with Crippen LogP contribution in [0.1, 0.15) is 13.8 Å². The molecule has 1 fully saturated rings. The van der Waals surface area contributed by atoms with E-state index in [9.17, 15) is 0 Å². The molecule has 20 heavy (non-hydrogen) atoms. The van der Waals surface area contributed by atoms with E-state index in [1.807, 2.05) is 0 Å². The van der Waals surface area contributed by atoms with Gasteiger partial charge in [-0.2, -0.15) is 0 Å². The molecule has 0 atom stereocenters. The number of hydrogen-bond acceptors (Lipinski definition) is 4. The second-order valence-electron chi connectivity index (χ2n) is 5.26. The topological polar surface area (TPSA) is 58.1 Å². The number of rotatable bonds is 6. The molecule has 0 unspecified atom stereocenters. The lowest BCUT2D eigenvalue weighted by Crippen LogP contribution is -2.56. The molecule has 0 aromatic carbocycles. The van der Waals surface area contributed by atoms with Crippen molar-refractivity contribution in [2.24, 2.45) is 4.99 Å². The van der Waals surface area contributed by atoms with Crippen molar-refractivity contribution >= 4 is 29.9 Å². The summed E-state index contributed by atoms with van der Waals surface area (Å²) in [5, 5.41) is 6.58. The van der Waals surface area contributed by atoms with Crippen LogP contribution in [0.5, 0.6) is 0 Å². The van der Waals surface area contributed by atoms with Gasteiger partial charge >= 0.3 is 0 Å². The van der Waals surface area contributed by atoms with Gasteiger partial charge in [0.15, 0.2) is 5.96 Å². The maximum Gasteiger partial charge on any atom is 0.191 e. The molecule has 0 aliphatic carbocycles. The molecule has 1 aliphatic heterocycles.